The Kier molecular flexibility index (Phi) is 35.6. The van der Waals surface area contributed by atoms with Gasteiger partial charge in [-0.05, 0) is 116 Å². The summed E-state index contributed by atoms with van der Waals surface area (Å²) in [5.74, 6) is 2.95. The van der Waals surface area contributed by atoms with E-state index in [-0.39, 0.29) is 59.0 Å². The molecule has 0 amide bonds. The summed E-state index contributed by atoms with van der Waals surface area (Å²) < 4.78 is 64.1. The molecule has 129 heavy (non-hydrogen) atoms. The third-order valence-corrected chi connectivity index (χ3v) is 21.5. The first-order valence-corrected chi connectivity index (χ1v) is 41.6. The molecule has 0 aromatic carbocycles. The van der Waals surface area contributed by atoms with Crippen LogP contribution in [0.2, 0.25) is 0 Å². The molecule has 41 nitrogen and oxygen atoms in total. The molecule has 1 aliphatic carbocycles. The van der Waals surface area contributed by atoms with Crippen LogP contribution < -0.4 is 36.1 Å². The summed E-state index contributed by atoms with van der Waals surface area (Å²) in [5.41, 5.74) is 17.1. The fraction of sp³-hybridized carbons (Fsp3) is 0.466. The van der Waals surface area contributed by atoms with Crippen molar-refractivity contribution in [3.8, 4) is 11.8 Å². The van der Waals surface area contributed by atoms with Crippen LogP contribution in [0.1, 0.15) is 174 Å². The van der Waals surface area contributed by atoms with Crippen LogP contribution in [0.4, 0.5) is 57.3 Å². The molecule has 41 heteroatoms. The molecule has 0 saturated heterocycles. The highest BCUT2D eigenvalue weighted by atomic mass is 16.5. The third kappa shape index (κ3) is 21.0. The molecule has 0 bridgehead atoms. The number of H-pyrrole nitrogens is 2. The van der Waals surface area contributed by atoms with Crippen LogP contribution in [-0.2, 0) is 70.0 Å². The van der Waals surface area contributed by atoms with E-state index in [1.54, 1.807) is 132 Å². The number of ether oxygens (including phenoxy) is 10. The van der Waals surface area contributed by atoms with E-state index in [1.807, 2.05) is 25.8 Å². The number of nitrogens with zero attached hydrogens (tertiary/aromatic N) is 24. The second-order valence-electron chi connectivity index (χ2n) is 29.0. The minimum Gasteiger partial charge on any atom is -0.481 e. The number of fused-ring (bicyclic) bond motifs is 8. The number of esters is 1. The normalized spacial score (nSPS) is 14.4. The van der Waals surface area contributed by atoms with Crippen LogP contribution in [0.5, 0.6) is 11.8 Å². The molecule has 4 N–H and O–H groups in total. The van der Waals surface area contributed by atoms with E-state index < -0.39 is 5.97 Å². The Morgan fingerprint density at radius 2 is 1.04 bits per heavy atom. The maximum absolute atomic E-state index is 12.4. The first kappa shape index (κ1) is 98.3. The first-order chi connectivity index (χ1) is 62.5. The molecule has 4 aliphatic rings. The lowest BCUT2D eigenvalue weighted by atomic mass is 9.97. The SMILES string of the molecule is [C-]#[N+]c1c(C)[nH]n2c(=O)c(CC)c(C(=O)OCC)nc12.[C-]#[N+]c1c[nH]n2c(=O)c(CCOC)c(C)nc12.[C-]#[N+]c1cnn2c(OC)c(CC)c(C)nc12.[C-]#[N+]c1cnn2c(OCCOC)c3c(nc12)CCCC3.[C-]#[N+]c1cnn2c1N(C)C(C)=C(CC)C2OC.[C-]#[N+]c1cnn2c1NC(CCCOC)=C(CC)C2OC.[C-]#[N+]c1cnn2c1NC(COC)=C(CCC)C2OC. The van der Waals surface area contributed by atoms with Crippen molar-refractivity contribution in [3.63, 3.8) is 0 Å². The molecular formula is C88H108N28O13. The van der Waals surface area contributed by atoms with Crippen LogP contribution in [0.25, 0.3) is 56.5 Å². The summed E-state index contributed by atoms with van der Waals surface area (Å²) in [6.07, 6.45) is 19.9. The molecule has 15 rings (SSSR count). The fourth-order valence-corrected chi connectivity index (χ4v) is 15.2. The number of aryl methyl sites for hydroxylation is 4. The van der Waals surface area contributed by atoms with Crippen molar-refractivity contribution in [2.75, 3.05) is 119 Å². The number of anilines is 3. The summed E-state index contributed by atoms with van der Waals surface area (Å²) in [5, 5.41) is 33.3. The average Bonchev–Trinajstić information content (AvgIpc) is 1.66. The van der Waals surface area contributed by atoms with Crippen LogP contribution in [0.3, 0.4) is 0 Å². The Balaban J connectivity index is 0.000000170. The maximum Gasteiger partial charge on any atom is 0.357 e. The van der Waals surface area contributed by atoms with Gasteiger partial charge < -0.3 is 73.1 Å². The van der Waals surface area contributed by atoms with E-state index in [0.717, 1.165) is 140 Å². The summed E-state index contributed by atoms with van der Waals surface area (Å²) in [7, 11) is 15.1. The van der Waals surface area contributed by atoms with E-state index in [4.69, 9.17) is 93.4 Å². The van der Waals surface area contributed by atoms with Gasteiger partial charge in [-0.3, -0.25) is 9.59 Å². The van der Waals surface area contributed by atoms with E-state index >= 15 is 0 Å². The molecule has 678 valence electrons. The molecule has 0 spiro atoms. The van der Waals surface area contributed by atoms with E-state index in [0.29, 0.717) is 119 Å². The van der Waals surface area contributed by atoms with Crippen molar-refractivity contribution in [2.45, 2.75) is 171 Å². The predicted molar refractivity (Wildman–Crippen MR) is 482 cm³/mol. The molecular weight excluding hydrogens is 1660 g/mol. The second kappa shape index (κ2) is 46.7. The topological polar surface area (TPSA) is 381 Å². The summed E-state index contributed by atoms with van der Waals surface area (Å²) in [4.78, 5) is 79.8. The fourth-order valence-electron chi connectivity index (χ4n) is 15.2. The summed E-state index contributed by atoms with van der Waals surface area (Å²) in [6.45, 7) is 71.9. The van der Waals surface area contributed by atoms with Gasteiger partial charge in [0.25, 0.3) is 16.8 Å². The van der Waals surface area contributed by atoms with Gasteiger partial charge in [0.05, 0.1) is 116 Å². The Morgan fingerprint density at radius 1 is 0.504 bits per heavy atom. The Hall–Kier alpha value is -14.5. The van der Waals surface area contributed by atoms with Crippen LogP contribution in [-0.4, -0.2) is 197 Å². The zero-order valence-electron chi connectivity index (χ0n) is 76.2. The number of allylic oxidation sites excluding steroid dienone is 2. The average molecular weight is 1770 g/mol. The van der Waals surface area contributed by atoms with Crippen LogP contribution in [0.15, 0.2) is 80.6 Å². The first-order valence-electron chi connectivity index (χ1n) is 41.6. The minimum atomic E-state index is -0.640. The number of hydrogen-bond donors (Lipinski definition) is 4. The van der Waals surface area contributed by atoms with E-state index in [9.17, 15) is 14.4 Å². The lowest BCUT2D eigenvalue weighted by molar-refractivity contribution is 0.0517. The van der Waals surface area contributed by atoms with Gasteiger partial charge in [-0.1, -0.05) is 41.0 Å². The van der Waals surface area contributed by atoms with Gasteiger partial charge >= 0.3 is 5.97 Å². The van der Waals surface area contributed by atoms with Crippen molar-refractivity contribution in [3.05, 3.63) is 222 Å². The molecule has 3 unspecified atom stereocenters. The van der Waals surface area contributed by atoms with Gasteiger partial charge in [-0.25, -0.2) is 81.7 Å². The highest BCUT2D eigenvalue weighted by Crippen LogP contribution is 2.44. The lowest BCUT2D eigenvalue weighted by Gasteiger charge is -2.34. The van der Waals surface area contributed by atoms with E-state index in [2.05, 4.69) is 128 Å². The predicted octanol–water partition coefficient (Wildman–Crippen LogP) is 15.5. The Labute approximate surface area is 746 Å². The van der Waals surface area contributed by atoms with Crippen LogP contribution in [0, 0.1) is 66.8 Å². The van der Waals surface area contributed by atoms with Gasteiger partial charge in [-0.15, -0.1) is 0 Å². The van der Waals surface area contributed by atoms with Gasteiger partial charge in [0.1, 0.15) is 24.1 Å². The molecule has 3 atom stereocenters. The number of aromatic amines is 2. The highest BCUT2D eigenvalue weighted by molar-refractivity contribution is 5.90. The molecule has 11 aromatic rings. The molecule has 14 heterocycles. The summed E-state index contributed by atoms with van der Waals surface area (Å²) in [6, 6.07) is 0. The van der Waals surface area contributed by atoms with Gasteiger partial charge in [-0.2, -0.15) is 34.5 Å². The zero-order valence-corrected chi connectivity index (χ0v) is 76.2. The molecule has 3 aliphatic heterocycles. The van der Waals surface area contributed by atoms with Crippen molar-refractivity contribution in [1.29, 1.82) is 0 Å². The number of aromatic nitrogens is 18. The van der Waals surface area contributed by atoms with Gasteiger partial charge in [0.15, 0.2) is 47.0 Å². The van der Waals surface area contributed by atoms with Crippen LogP contribution >= 0.6 is 0 Å². The quantitative estimate of drug-likeness (QED) is 0.0234. The monoisotopic (exact) mass is 1760 g/mol. The lowest BCUT2D eigenvalue weighted by Crippen LogP contribution is -2.31. The Bertz CT molecular complexity index is 6390. The smallest absolute Gasteiger partial charge is 0.357 e. The Morgan fingerprint density at radius 3 is 1.59 bits per heavy atom. The minimum absolute atomic E-state index is 0.0109. The maximum atomic E-state index is 12.4. The van der Waals surface area contributed by atoms with Crippen molar-refractivity contribution < 1.29 is 52.2 Å². The number of rotatable bonds is 25. The van der Waals surface area contributed by atoms with Crippen molar-refractivity contribution in [2.24, 2.45) is 0 Å². The third-order valence-electron chi connectivity index (χ3n) is 21.5. The molecule has 0 fully saturated rings. The van der Waals surface area contributed by atoms with Gasteiger partial charge in [0, 0.05) is 138 Å². The number of nitrogens with one attached hydrogen (secondary N) is 4. The molecule has 0 saturated carbocycles. The number of hydrogen-bond acceptors (Lipinski definition) is 25. The van der Waals surface area contributed by atoms with E-state index in [1.165, 1.54) is 32.6 Å². The standard InChI is InChI=1S/C14H16N4O2.C14H20N4O2.C13H14N4O3.C13H18N4O2.C12H16N4O.C11H12N4O2.C11H12N4O/c1-15-12-9-16-18-13(12)17-11-6-4-3-5-10(11)14(18)20-8-7-19-2;1-5-10-11(7-6-8-19-3)17-13-12(15-2)9-16-18(13)14(10)20-4;1-5-8-10(13(19)20-6-2)15-11-9(14-4)7(3)16-17(11)12(8)18;1-5-6-9-11(8-18-3)16-12-10(14-2)7-15-17(12)13(9)19-4;1-6-9-8(2)15(4)11-10(13-3)7-14-16(11)12(9)17-5;1-7-8(4-5-17-3)11(16)15-10(14-7)9(12-2)6-13-15;1-5-8-7(2)14-10-9(12-3)6-13-15(10)11(8)16-4/h9H,3-8H2,2H3;9,14,17H,5-8H2,1,3-4H3;16H,5-6H2,1-3H3;7,13,16H,5-6,8H2,1,3-4H3;7,12H,6H2,1-2,4-5H3;6,13H,4-5H2,1,3H3;6H,5H2,1-2,4H3. The largest absolute Gasteiger partial charge is 0.481 e. The number of methoxy groups -OCH3 is 8. The van der Waals surface area contributed by atoms with Crippen molar-refractivity contribution >= 4 is 85.8 Å². The zero-order chi connectivity index (χ0) is 93.9. The highest BCUT2D eigenvalue weighted by Gasteiger charge is 2.34. The summed E-state index contributed by atoms with van der Waals surface area (Å²) >= 11 is 0. The molecule has 11 aromatic heterocycles. The van der Waals surface area contributed by atoms with Gasteiger partial charge in [0.2, 0.25) is 45.9 Å². The van der Waals surface area contributed by atoms with Crippen molar-refractivity contribution in [1.82, 2.24) is 87.7 Å². The second-order valence-corrected chi connectivity index (χ2v) is 29.0. The number of carbonyl (C=O) groups excluding carboxylic acids is 1. The molecule has 0 radical (unpaired) electrons. The number of carbonyl (C=O) groups is 1.